The summed E-state index contributed by atoms with van der Waals surface area (Å²) in [5.74, 6) is 0. The number of benzene rings is 1. The summed E-state index contributed by atoms with van der Waals surface area (Å²) in [4.78, 5) is 27.1. The van der Waals surface area contributed by atoms with Gasteiger partial charge in [0.25, 0.3) is 5.56 Å². The average Bonchev–Trinajstić information content (AvgIpc) is 3.25. The molecule has 9 heteroatoms. The monoisotopic (exact) mass is 406 g/mol. The molecule has 0 amide bonds. The topological polar surface area (TPSA) is 84.6 Å². The van der Waals surface area contributed by atoms with Crippen LogP contribution in [0.2, 0.25) is 0 Å². The summed E-state index contributed by atoms with van der Waals surface area (Å²) in [6.07, 6.45) is 4.94. The number of rotatable bonds is 3. The molecule has 2 heterocycles. The zero-order valence-corrected chi connectivity index (χ0v) is 17.1. The van der Waals surface area contributed by atoms with Gasteiger partial charge in [0.1, 0.15) is 0 Å². The summed E-state index contributed by atoms with van der Waals surface area (Å²) in [6, 6.07) is 5.02. The van der Waals surface area contributed by atoms with Crippen LogP contribution >= 0.6 is 0 Å². The second-order valence-corrected chi connectivity index (χ2v) is 9.70. The smallest absolute Gasteiger partial charge is 0.298 e. The molecule has 1 aliphatic carbocycles. The molecule has 0 N–H and O–H groups in total. The van der Waals surface area contributed by atoms with Gasteiger partial charge in [0, 0.05) is 46.3 Å². The summed E-state index contributed by atoms with van der Waals surface area (Å²) in [7, 11) is -0.716. The lowest BCUT2D eigenvalue weighted by Crippen LogP contribution is -2.51. The average molecular weight is 407 g/mol. The first-order valence-corrected chi connectivity index (χ1v) is 11.2. The summed E-state index contributed by atoms with van der Waals surface area (Å²) in [6.45, 7) is 2.41. The van der Waals surface area contributed by atoms with E-state index in [9.17, 15) is 18.0 Å². The first-order chi connectivity index (χ1) is 13.3. The van der Waals surface area contributed by atoms with Gasteiger partial charge < -0.3 is 0 Å². The van der Waals surface area contributed by atoms with E-state index in [4.69, 9.17) is 0 Å². The molecule has 1 aromatic heterocycles. The first-order valence-electron chi connectivity index (χ1n) is 9.74. The highest BCUT2D eigenvalue weighted by Gasteiger charge is 2.32. The van der Waals surface area contributed by atoms with Gasteiger partial charge in [-0.3, -0.25) is 18.8 Å². The Balaban J connectivity index is 1.64. The minimum absolute atomic E-state index is 0.102. The second-order valence-electron chi connectivity index (χ2n) is 7.76. The number of aromatic nitrogens is 2. The van der Waals surface area contributed by atoms with Gasteiger partial charge in [0.05, 0.1) is 15.8 Å². The quantitative estimate of drug-likeness (QED) is 0.741. The van der Waals surface area contributed by atoms with E-state index in [1.54, 1.807) is 13.1 Å². The van der Waals surface area contributed by atoms with Crippen LogP contribution in [0.1, 0.15) is 25.7 Å². The number of hydrogen-bond donors (Lipinski definition) is 0. The number of sulfonamides is 1. The predicted octanol–water partition coefficient (Wildman–Crippen LogP) is 0.486. The molecule has 0 radical (unpaired) electrons. The van der Waals surface area contributed by atoms with Crippen molar-refractivity contribution in [3.05, 3.63) is 39.0 Å². The van der Waals surface area contributed by atoms with Crippen LogP contribution in [0, 0.1) is 0 Å². The molecule has 0 atom stereocenters. The van der Waals surface area contributed by atoms with Crippen molar-refractivity contribution < 1.29 is 8.42 Å². The highest BCUT2D eigenvalue weighted by atomic mass is 32.2. The molecule has 2 fully saturated rings. The summed E-state index contributed by atoms with van der Waals surface area (Å²) in [5, 5.41) is 0.232. The fourth-order valence-electron chi connectivity index (χ4n) is 4.46. The van der Waals surface area contributed by atoms with Crippen molar-refractivity contribution in [2.45, 2.75) is 36.6 Å². The van der Waals surface area contributed by atoms with Crippen LogP contribution in [0.15, 0.2) is 32.7 Å². The van der Waals surface area contributed by atoms with E-state index in [1.807, 2.05) is 0 Å². The maximum Gasteiger partial charge on any atom is 0.330 e. The molecule has 152 valence electrons. The van der Waals surface area contributed by atoms with Gasteiger partial charge in [-0.1, -0.05) is 12.8 Å². The summed E-state index contributed by atoms with van der Waals surface area (Å²) >= 11 is 0. The summed E-state index contributed by atoms with van der Waals surface area (Å²) < 4.78 is 30.1. The van der Waals surface area contributed by atoms with Crippen molar-refractivity contribution in [1.82, 2.24) is 18.3 Å². The zero-order valence-electron chi connectivity index (χ0n) is 16.3. The Morgan fingerprint density at radius 1 is 0.929 bits per heavy atom. The Morgan fingerprint density at radius 2 is 1.57 bits per heavy atom. The number of nitrogens with zero attached hydrogens (tertiary/aromatic N) is 4. The van der Waals surface area contributed by atoms with Crippen LogP contribution in [-0.2, 0) is 24.1 Å². The van der Waals surface area contributed by atoms with Crippen LogP contribution in [0.25, 0.3) is 10.9 Å². The van der Waals surface area contributed by atoms with Crippen LogP contribution in [0.5, 0.6) is 0 Å². The van der Waals surface area contributed by atoms with E-state index in [0.717, 1.165) is 17.7 Å². The number of hydrogen-bond acceptors (Lipinski definition) is 5. The maximum atomic E-state index is 13.1. The highest BCUT2D eigenvalue weighted by Crippen LogP contribution is 2.26. The number of aryl methyl sites for hydroxylation is 1. The third kappa shape index (κ3) is 3.11. The molecule has 2 aromatic rings. The van der Waals surface area contributed by atoms with Gasteiger partial charge in [0.15, 0.2) is 0 Å². The lowest BCUT2D eigenvalue weighted by Gasteiger charge is -2.37. The van der Waals surface area contributed by atoms with Crippen LogP contribution < -0.4 is 11.2 Å². The largest absolute Gasteiger partial charge is 0.330 e. The molecule has 0 spiro atoms. The predicted molar refractivity (Wildman–Crippen MR) is 107 cm³/mol. The van der Waals surface area contributed by atoms with Crippen LogP contribution in [-0.4, -0.2) is 59.0 Å². The molecule has 1 saturated heterocycles. The van der Waals surface area contributed by atoms with Crippen molar-refractivity contribution in [3.8, 4) is 0 Å². The van der Waals surface area contributed by atoms with Crippen LogP contribution in [0.3, 0.4) is 0 Å². The molecular formula is C19H26N4O4S. The van der Waals surface area contributed by atoms with Crippen LogP contribution in [0.4, 0.5) is 0 Å². The Kier molecular flexibility index (Phi) is 4.93. The molecular weight excluding hydrogens is 380 g/mol. The van der Waals surface area contributed by atoms with E-state index in [0.29, 0.717) is 24.6 Å². The SMILES string of the molecule is Cn1c(=O)c2cc(S(=O)(=O)N3CCN(C4CCCC4)CC3)ccc2n(C)c1=O. The molecule has 2 aliphatic rings. The molecule has 8 nitrogen and oxygen atoms in total. The Morgan fingerprint density at radius 3 is 2.21 bits per heavy atom. The third-order valence-corrected chi connectivity index (χ3v) is 8.09. The Bertz CT molecular complexity index is 1120. The second kappa shape index (κ2) is 7.13. The summed E-state index contributed by atoms with van der Waals surface area (Å²) in [5.41, 5.74) is -0.490. The standard InChI is InChI=1S/C19H26N4O4S/c1-20-17-8-7-15(13-16(17)18(24)21(2)19(20)25)28(26,27)23-11-9-22(10-12-23)14-5-3-4-6-14/h7-8,13-14H,3-6,9-12H2,1-2H3. The molecule has 28 heavy (non-hydrogen) atoms. The molecule has 4 rings (SSSR count). The van der Waals surface area contributed by atoms with Crippen molar-refractivity contribution in [3.63, 3.8) is 0 Å². The van der Waals surface area contributed by atoms with E-state index >= 15 is 0 Å². The lowest BCUT2D eigenvalue weighted by molar-refractivity contribution is 0.139. The zero-order chi connectivity index (χ0) is 20.1. The van der Waals surface area contributed by atoms with Crippen molar-refractivity contribution in [2.24, 2.45) is 14.1 Å². The molecule has 0 bridgehead atoms. The molecule has 0 unspecified atom stereocenters. The van der Waals surface area contributed by atoms with E-state index in [-0.39, 0.29) is 10.3 Å². The van der Waals surface area contributed by atoms with Crippen molar-refractivity contribution >= 4 is 20.9 Å². The highest BCUT2D eigenvalue weighted by molar-refractivity contribution is 7.89. The molecule has 1 aromatic carbocycles. The van der Waals surface area contributed by atoms with Crippen molar-refractivity contribution in [2.75, 3.05) is 26.2 Å². The Hall–Kier alpha value is -1.97. The van der Waals surface area contributed by atoms with Gasteiger partial charge in [-0.05, 0) is 31.0 Å². The van der Waals surface area contributed by atoms with E-state index in [1.165, 1.54) is 53.7 Å². The Labute approximate surface area is 164 Å². The van der Waals surface area contributed by atoms with E-state index in [2.05, 4.69) is 4.90 Å². The van der Waals surface area contributed by atoms with E-state index < -0.39 is 21.3 Å². The molecule has 1 saturated carbocycles. The minimum Gasteiger partial charge on any atom is -0.298 e. The van der Waals surface area contributed by atoms with Crippen molar-refractivity contribution in [1.29, 1.82) is 0 Å². The van der Waals surface area contributed by atoms with Gasteiger partial charge in [-0.25, -0.2) is 13.2 Å². The fraction of sp³-hybridized carbons (Fsp3) is 0.579. The van der Waals surface area contributed by atoms with Gasteiger partial charge in [-0.2, -0.15) is 4.31 Å². The normalized spacial score (nSPS) is 20.2. The van der Waals surface area contributed by atoms with Gasteiger partial charge >= 0.3 is 5.69 Å². The first kappa shape index (κ1) is 19.4. The van der Waals surface area contributed by atoms with Gasteiger partial charge in [-0.15, -0.1) is 0 Å². The fourth-order valence-corrected chi connectivity index (χ4v) is 5.91. The minimum atomic E-state index is -3.68. The third-order valence-electron chi connectivity index (χ3n) is 6.19. The molecule has 1 aliphatic heterocycles. The lowest BCUT2D eigenvalue weighted by atomic mass is 10.2. The maximum absolute atomic E-state index is 13.1. The van der Waals surface area contributed by atoms with Gasteiger partial charge in [0.2, 0.25) is 10.0 Å². The number of fused-ring (bicyclic) bond motifs is 1. The number of piperazine rings is 1.